The third-order valence-electron chi connectivity index (χ3n) is 2.87. The van der Waals surface area contributed by atoms with Gasteiger partial charge >= 0.3 is 0 Å². The lowest BCUT2D eigenvalue weighted by atomic mass is 10.2. The highest BCUT2D eigenvalue weighted by Gasteiger charge is 2.22. The predicted molar refractivity (Wildman–Crippen MR) is 70.4 cm³/mol. The van der Waals surface area contributed by atoms with Crippen LogP contribution in [-0.4, -0.2) is 6.61 Å². The summed E-state index contributed by atoms with van der Waals surface area (Å²) in [5, 5.41) is 24.1. The maximum Gasteiger partial charge on any atom is 0.293 e. The molecule has 2 aromatic heterocycles. The molecule has 0 amide bonds. The molecule has 0 aliphatic carbocycles. The molecule has 0 fully saturated rings. The molecule has 100 valence electrons. The van der Waals surface area contributed by atoms with Crippen molar-refractivity contribution in [1.29, 1.82) is 0 Å². The van der Waals surface area contributed by atoms with Gasteiger partial charge in [0.25, 0.3) is 11.4 Å². The van der Waals surface area contributed by atoms with E-state index in [1.54, 1.807) is 44.2 Å². The molecule has 0 aliphatic rings. The molecule has 0 bridgehead atoms. The average Bonchev–Trinajstić information content (AvgIpc) is 2.37. The SMILES string of the molecule is CCOc1cc(C)[n+]([O-])c(-c2cccc(C)[n+]2[O-])c1. The van der Waals surface area contributed by atoms with E-state index in [9.17, 15) is 10.4 Å². The number of rotatable bonds is 3. The second-order valence-corrected chi connectivity index (χ2v) is 4.29. The number of hydrogen-bond acceptors (Lipinski definition) is 3. The van der Waals surface area contributed by atoms with Crippen molar-refractivity contribution in [1.82, 2.24) is 0 Å². The van der Waals surface area contributed by atoms with Crippen LogP contribution in [0.4, 0.5) is 0 Å². The van der Waals surface area contributed by atoms with Crippen LogP contribution < -0.4 is 14.2 Å². The van der Waals surface area contributed by atoms with E-state index in [-0.39, 0.29) is 0 Å². The standard InChI is InChI=1S/C14H16N2O3/c1-4-19-12-8-11(3)16(18)14(9-12)13-7-5-6-10(2)15(13)17/h5-9H,4H2,1-3H3. The van der Waals surface area contributed by atoms with Gasteiger partial charge in [-0.25, -0.2) is 0 Å². The zero-order chi connectivity index (χ0) is 14.0. The van der Waals surface area contributed by atoms with Gasteiger partial charge in [0.1, 0.15) is 5.75 Å². The van der Waals surface area contributed by atoms with Gasteiger partial charge in [-0.3, -0.25) is 0 Å². The molecule has 0 aliphatic heterocycles. The van der Waals surface area contributed by atoms with Crippen molar-refractivity contribution in [3.63, 3.8) is 0 Å². The van der Waals surface area contributed by atoms with Crippen LogP contribution in [0.25, 0.3) is 11.4 Å². The highest BCUT2D eigenvalue weighted by atomic mass is 16.5. The summed E-state index contributed by atoms with van der Waals surface area (Å²) in [6.45, 7) is 5.76. The highest BCUT2D eigenvalue weighted by Crippen LogP contribution is 2.19. The van der Waals surface area contributed by atoms with Gasteiger partial charge in [0, 0.05) is 32.0 Å². The van der Waals surface area contributed by atoms with E-state index in [4.69, 9.17) is 4.74 Å². The number of aromatic nitrogens is 2. The summed E-state index contributed by atoms with van der Waals surface area (Å²) in [6, 6.07) is 8.32. The fourth-order valence-electron chi connectivity index (χ4n) is 1.91. The van der Waals surface area contributed by atoms with E-state index in [2.05, 4.69) is 0 Å². The monoisotopic (exact) mass is 260 g/mol. The van der Waals surface area contributed by atoms with E-state index < -0.39 is 0 Å². The van der Waals surface area contributed by atoms with Crippen LogP contribution in [0.15, 0.2) is 30.3 Å². The summed E-state index contributed by atoms with van der Waals surface area (Å²) < 4.78 is 6.90. The minimum atomic E-state index is 0.294. The molecule has 2 rings (SSSR count). The van der Waals surface area contributed by atoms with Gasteiger partial charge in [0.2, 0.25) is 0 Å². The quantitative estimate of drug-likeness (QED) is 0.622. The van der Waals surface area contributed by atoms with Crippen LogP contribution in [-0.2, 0) is 0 Å². The summed E-state index contributed by atoms with van der Waals surface area (Å²) in [4.78, 5) is 0. The first-order valence-corrected chi connectivity index (χ1v) is 6.11. The number of nitrogens with zero attached hydrogens (tertiary/aromatic N) is 2. The molecule has 2 heterocycles. The highest BCUT2D eigenvalue weighted by molar-refractivity contribution is 5.50. The fraction of sp³-hybridized carbons (Fsp3) is 0.286. The fourth-order valence-corrected chi connectivity index (χ4v) is 1.91. The number of aryl methyl sites for hydroxylation is 2. The zero-order valence-electron chi connectivity index (χ0n) is 11.2. The van der Waals surface area contributed by atoms with Crippen molar-refractivity contribution in [2.24, 2.45) is 0 Å². The molecule has 19 heavy (non-hydrogen) atoms. The molecule has 0 atom stereocenters. The summed E-state index contributed by atoms with van der Waals surface area (Å²) in [6.07, 6.45) is 0. The third kappa shape index (κ3) is 2.45. The summed E-state index contributed by atoms with van der Waals surface area (Å²) in [5.74, 6) is 0.587. The molecular weight excluding hydrogens is 244 g/mol. The summed E-state index contributed by atoms with van der Waals surface area (Å²) in [7, 11) is 0. The predicted octanol–water partition coefficient (Wildman–Crippen LogP) is 1.64. The van der Waals surface area contributed by atoms with Crippen molar-refractivity contribution in [3.8, 4) is 17.1 Å². The molecule has 0 spiro atoms. The Hall–Kier alpha value is -2.30. The molecule has 2 aromatic rings. The first-order valence-electron chi connectivity index (χ1n) is 6.11. The largest absolute Gasteiger partial charge is 0.618 e. The van der Waals surface area contributed by atoms with Crippen LogP contribution in [0.2, 0.25) is 0 Å². The molecule has 0 unspecified atom stereocenters. The molecule has 5 nitrogen and oxygen atoms in total. The van der Waals surface area contributed by atoms with Crippen molar-refractivity contribution in [2.75, 3.05) is 6.61 Å². The minimum absolute atomic E-state index is 0.294. The van der Waals surface area contributed by atoms with Gasteiger partial charge in [-0.15, -0.1) is 0 Å². The Morgan fingerprint density at radius 1 is 1.00 bits per heavy atom. The maximum absolute atomic E-state index is 12.1. The molecular formula is C14H16N2O3. The van der Waals surface area contributed by atoms with Gasteiger partial charge in [0.15, 0.2) is 11.4 Å². The van der Waals surface area contributed by atoms with E-state index >= 15 is 0 Å². The Bertz CT molecular complexity index is 612. The third-order valence-corrected chi connectivity index (χ3v) is 2.87. The second kappa shape index (κ2) is 5.14. The van der Waals surface area contributed by atoms with E-state index in [0.717, 1.165) is 9.46 Å². The molecule has 5 heteroatoms. The molecule has 0 aromatic carbocycles. The molecule has 0 radical (unpaired) electrons. The topological polar surface area (TPSA) is 63.1 Å². The minimum Gasteiger partial charge on any atom is -0.618 e. The molecule has 0 N–H and O–H groups in total. The maximum atomic E-state index is 12.1. The lowest BCUT2D eigenvalue weighted by molar-refractivity contribution is -0.632. The van der Waals surface area contributed by atoms with Crippen molar-refractivity contribution in [3.05, 3.63) is 52.1 Å². The van der Waals surface area contributed by atoms with E-state index in [1.165, 1.54) is 0 Å². The Morgan fingerprint density at radius 2 is 1.68 bits per heavy atom. The number of ether oxygens (including phenoxy) is 1. The molecule has 0 saturated carbocycles. The summed E-state index contributed by atoms with van der Waals surface area (Å²) in [5.41, 5.74) is 1.64. The van der Waals surface area contributed by atoms with Crippen molar-refractivity contribution < 1.29 is 14.2 Å². The normalized spacial score (nSPS) is 10.5. The lowest BCUT2D eigenvalue weighted by Crippen LogP contribution is -2.40. The van der Waals surface area contributed by atoms with Gasteiger partial charge < -0.3 is 15.2 Å². The van der Waals surface area contributed by atoms with Crippen molar-refractivity contribution >= 4 is 0 Å². The van der Waals surface area contributed by atoms with E-state index in [0.29, 0.717) is 35.1 Å². The second-order valence-electron chi connectivity index (χ2n) is 4.29. The van der Waals surface area contributed by atoms with Gasteiger partial charge in [0.05, 0.1) is 12.7 Å². The average molecular weight is 260 g/mol. The Kier molecular flexibility index (Phi) is 3.55. The first-order chi connectivity index (χ1) is 9.04. The smallest absolute Gasteiger partial charge is 0.293 e. The zero-order valence-corrected chi connectivity index (χ0v) is 11.2. The molecule has 0 saturated heterocycles. The Balaban J connectivity index is 2.64. The van der Waals surface area contributed by atoms with Crippen LogP contribution in [0, 0.1) is 24.3 Å². The van der Waals surface area contributed by atoms with Crippen LogP contribution in [0.5, 0.6) is 5.75 Å². The van der Waals surface area contributed by atoms with Gasteiger partial charge in [-0.2, -0.15) is 9.46 Å². The first kappa shape index (κ1) is 13.1. The van der Waals surface area contributed by atoms with Crippen molar-refractivity contribution in [2.45, 2.75) is 20.8 Å². The number of hydrogen-bond donors (Lipinski definition) is 0. The van der Waals surface area contributed by atoms with Gasteiger partial charge in [-0.1, -0.05) is 0 Å². The number of pyridine rings is 2. The van der Waals surface area contributed by atoms with Gasteiger partial charge in [-0.05, 0) is 13.0 Å². The Morgan fingerprint density at radius 3 is 2.37 bits per heavy atom. The van der Waals surface area contributed by atoms with Crippen LogP contribution in [0.3, 0.4) is 0 Å². The Labute approximate surface area is 111 Å². The van der Waals surface area contributed by atoms with E-state index in [1.807, 2.05) is 6.92 Å². The van der Waals surface area contributed by atoms with Crippen LogP contribution >= 0.6 is 0 Å². The lowest BCUT2D eigenvalue weighted by Gasteiger charge is -2.11. The summed E-state index contributed by atoms with van der Waals surface area (Å²) >= 11 is 0. The van der Waals surface area contributed by atoms with Crippen LogP contribution in [0.1, 0.15) is 18.3 Å².